The van der Waals surface area contributed by atoms with Crippen molar-refractivity contribution < 1.29 is 32.7 Å². The molecule has 1 radical (unpaired) electrons. The van der Waals surface area contributed by atoms with Crippen LogP contribution in [0.15, 0.2) is 5.38 Å². The van der Waals surface area contributed by atoms with Crippen LogP contribution < -0.4 is 0 Å². The molecule has 35 valence electrons. The fraction of sp³-hybridized carbons (Fsp3) is 0.250. The first-order valence-electron chi connectivity index (χ1n) is 1.68. The Balaban J connectivity index is 0.000000360. The van der Waals surface area contributed by atoms with E-state index < -0.39 is 0 Å². The summed E-state index contributed by atoms with van der Waals surface area (Å²) < 4.78 is 3.74. The van der Waals surface area contributed by atoms with E-state index in [2.05, 4.69) is 10.6 Å². The van der Waals surface area contributed by atoms with Crippen molar-refractivity contribution in [1.82, 2.24) is 4.37 Å². The molecule has 0 aliphatic carbocycles. The normalized spacial score (nSPS) is 7.57. The maximum Gasteiger partial charge on any atom is 0 e. The Bertz CT molecular complexity index is 115. The second-order valence-electron chi connectivity index (χ2n) is 1.11. The van der Waals surface area contributed by atoms with Gasteiger partial charge in [0, 0.05) is 32.7 Å². The Morgan fingerprint density at radius 1 is 1.86 bits per heavy atom. The Labute approximate surface area is 72.2 Å². The second kappa shape index (κ2) is 3.70. The number of nitrogens with zero attached hydrogens (tertiary/aromatic N) is 1. The first kappa shape index (κ1) is 7.73. The van der Waals surface area contributed by atoms with E-state index in [1.807, 2.05) is 12.3 Å². The van der Waals surface area contributed by atoms with Crippen molar-refractivity contribution in [2.24, 2.45) is 0 Å². The fourth-order valence-electron chi connectivity index (χ4n) is 0.230. The molecule has 0 spiro atoms. The van der Waals surface area contributed by atoms with Gasteiger partial charge in [-0.2, -0.15) is 17.1 Å². The third kappa shape index (κ3) is 2.52. The van der Waals surface area contributed by atoms with Gasteiger partial charge in [-0.15, -0.1) is 11.6 Å². The van der Waals surface area contributed by atoms with Gasteiger partial charge in [-0.25, -0.2) is 0 Å². The third-order valence-electron chi connectivity index (χ3n) is 0.504. The third-order valence-corrected chi connectivity index (χ3v) is 1.16. The first-order chi connectivity index (χ1) is 2.89. The second-order valence-corrected chi connectivity index (χ2v) is 1.74. The molecule has 0 aromatic carbocycles. The van der Waals surface area contributed by atoms with Crippen molar-refractivity contribution in [1.29, 1.82) is 0 Å². The monoisotopic (exact) mass is 187 g/mol. The summed E-state index contributed by atoms with van der Waals surface area (Å²) in [4.78, 5) is 0. The quantitative estimate of drug-likeness (QED) is 0.557. The van der Waals surface area contributed by atoms with Crippen molar-refractivity contribution in [3.8, 4) is 0 Å². The van der Waals surface area contributed by atoms with Gasteiger partial charge in [0.05, 0.1) is 0 Å². The minimum atomic E-state index is 0. The number of aryl methyl sites for hydroxylation is 1. The van der Waals surface area contributed by atoms with E-state index >= 15 is 0 Å². The average Bonchev–Trinajstić information content (AvgIpc) is 1.86. The first-order valence-corrected chi connectivity index (χ1v) is 2.52. The predicted octanol–water partition coefficient (Wildman–Crippen LogP) is 1.25. The summed E-state index contributed by atoms with van der Waals surface area (Å²) in [6.45, 7) is 1.98. The topological polar surface area (TPSA) is 12.9 Å². The number of hydrogen-bond acceptors (Lipinski definition) is 2. The van der Waals surface area contributed by atoms with Crippen LogP contribution in [0.3, 0.4) is 0 Å². The van der Waals surface area contributed by atoms with Gasteiger partial charge in [0.2, 0.25) is 0 Å². The Kier molecular flexibility index (Phi) is 4.09. The number of hydrogen-bond donors (Lipinski definition) is 0. The standard InChI is InChI=1S/C4H4NS.Y/c1-4-2-5-6-3-4;/h3H,1H3;/q-1;. The number of aromatic nitrogens is 1. The van der Waals surface area contributed by atoms with Crippen molar-refractivity contribution in [3.05, 3.63) is 17.1 Å². The molecule has 1 rings (SSSR count). The van der Waals surface area contributed by atoms with Crippen LogP contribution in [0.1, 0.15) is 5.56 Å². The summed E-state index contributed by atoms with van der Waals surface area (Å²) in [5, 5.41) is 1.96. The smallest absolute Gasteiger partial charge is 0 e. The van der Waals surface area contributed by atoms with Crippen molar-refractivity contribution in [3.63, 3.8) is 0 Å². The van der Waals surface area contributed by atoms with Gasteiger partial charge in [-0.1, -0.05) is 6.92 Å². The zero-order valence-corrected chi connectivity index (χ0v) is 7.66. The van der Waals surface area contributed by atoms with E-state index in [-0.39, 0.29) is 32.7 Å². The zero-order valence-electron chi connectivity index (χ0n) is 4.01. The molecule has 1 aromatic rings. The molecule has 0 bridgehead atoms. The van der Waals surface area contributed by atoms with Crippen LogP contribution in [0.25, 0.3) is 0 Å². The molecule has 0 fully saturated rings. The molecular weight excluding hydrogens is 183 g/mol. The van der Waals surface area contributed by atoms with Gasteiger partial charge >= 0.3 is 0 Å². The summed E-state index contributed by atoms with van der Waals surface area (Å²) in [5.74, 6) is 0. The van der Waals surface area contributed by atoms with Gasteiger partial charge in [0.25, 0.3) is 0 Å². The van der Waals surface area contributed by atoms with Crippen molar-refractivity contribution in [2.75, 3.05) is 0 Å². The molecule has 0 aliphatic rings. The summed E-state index contributed by atoms with van der Waals surface area (Å²) >= 11 is 1.43. The fourth-order valence-corrected chi connectivity index (χ4v) is 0.690. The van der Waals surface area contributed by atoms with E-state index in [9.17, 15) is 0 Å². The molecule has 0 N–H and O–H groups in total. The Hall–Kier alpha value is 0.734. The molecule has 0 atom stereocenters. The molecule has 0 amide bonds. The molecule has 0 aliphatic heterocycles. The maximum absolute atomic E-state index is 3.74. The van der Waals surface area contributed by atoms with E-state index in [1.165, 1.54) is 11.5 Å². The largest absolute Gasteiger partial charge is 0.325 e. The van der Waals surface area contributed by atoms with Gasteiger partial charge in [0.15, 0.2) is 0 Å². The minimum Gasteiger partial charge on any atom is -0.325 e. The SMILES string of the molecule is Cc1[c-]nsc1.[Y]. The van der Waals surface area contributed by atoms with E-state index in [0.717, 1.165) is 5.56 Å². The van der Waals surface area contributed by atoms with Crippen LogP contribution in [-0.4, -0.2) is 4.37 Å². The Morgan fingerprint density at radius 2 is 2.57 bits per heavy atom. The van der Waals surface area contributed by atoms with E-state index in [4.69, 9.17) is 0 Å². The summed E-state index contributed by atoms with van der Waals surface area (Å²) in [5.41, 5.74) is 1.13. The van der Waals surface area contributed by atoms with Crippen LogP contribution in [0, 0.1) is 13.1 Å². The van der Waals surface area contributed by atoms with Gasteiger partial charge in [0.1, 0.15) is 0 Å². The molecule has 0 saturated heterocycles. The number of rotatable bonds is 0. The summed E-state index contributed by atoms with van der Waals surface area (Å²) in [7, 11) is 0. The van der Waals surface area contributed by atoms with E-state index in [0.29, 0.717) is 0 Å². The van der Waals surface area contributed by atoms with Crippen LogP contribution in [0.4, 0.5) is 0 Å². The van der Waals surface area contributed by atoms with Crippen LogP contribution in [0.2, 0.25) is 0 Å². The zero-order chi connectivity index (χ0) is 4.41. The molecule has 7 heavy (non-hydrogen) atoms. The summed E-state index contributed by atoms with van der Waals surface area (Å²) in [6.07, 6.45) is 2.77. The average molecular weight is 187 g/mol. The van der Waals surface area contributed by atoms with Gasteiger partial charge < -0.3 is 4.37 Å². The van der Waals surface area contributed by atoms with Gasteiger partial charge in [-0.3, -0.25) is 0 Å². The molecule has 0 unspecified atom stereocenters. The van der Waals surface area contributed by atoms with Crippen molar-refractivity contribution in [2.45, 2.75) is 6.92 Å². The van der Waals surface area contributed by atoms with E-state index in [1.54, 1.807) is 0 Å². The summed E-state index contributed by atoms with van der Waals surface area (Å²) in [6, 6.07) is 0. The van der Waals surface area contributed by atoms with Crippen LogP contribution in [-0.2, 0) is 32.7 Å². The molecule has 1 aromatic heterocycles. The van der Waals surface area contributed by atoms with Crippen LogP contribution >= 0.6 is 11.5 Å². The maximum atomic E-state index is 3.74. The molecule has 0 saturated carbocycles. The molecule has 1 heterocycles. The molecular formula is C4H4NSY-. The van der Waals surface area contributed by atoms with Crippen LogP contribution in [0.5, 0.6) is 0 Å². The minimum absolute atomic E-state index is 0. The predicted molar refractivity (Wildman–Crippen MR) is 25.7 cm³/mol. The molecule has 3 heteroatoms. The molecule has 1 nitrogen and oxygen atoms in total. The van der Waals surface area contributed by atoms with Gasteiger partial charge in [-0.05, 0) is 0 Å². The van der Waals surface area contributed by atoms with Crippen molar-refractivity contribution >= 4 is 11.5 Å². The Morgan fingerprint density at radius 3 is 2.71 bits per heavy atom.